The van der Waals surface area contributed by atoms with Crippen LogP contribution in [-0.2, 0) is 17.9 Å². The van der Waals surface area contributed by atoms with Crippen molar-refractivity contribution in [1.82, 2.24) is 0 Å². The third-order valence-electron chi connectivity index (χ3n) is 2.77. The molecule has 4 heteroatoms. The highest BCUT2D eigenvalue weighted by Crippen LogP contribution is 2.35. The number of hydrogen-bond acceptors (Lipinski definition) is 2. The van der Waals surface area contributed by atoms with Crippen LogP contribution in [0.1, 0.15) is 5.56 Å². The number of para-hydroxylation sites is 1. The lowest BCUT2D eigenvalue weighted by Gasteiger charge is -2.18. The maximum Gasteiger partial charge on any atom is 0.185 e. The van der Waals surface area contributed by atoms with Crippen molar-refractivity contribution in [2.45, 2.75) is 11.4 Å². The summed E-state index contributed by atoms with van der Waals surface area (Å²) in [6.07, 6.45) is 0. The van der Waals surface area contributed by atoms with Crippen LogP contribution in [0, 0.1) is 0 Å². The van der Waals surface area contributed by atoms with E-state index in [0.29, 0.717) is 6.54 Å². The summed E-state index contributed by atoms with van der Waals surface area (Å²) in [6, 6.07) is 15.8. The van der Waals surface area contributed by atoms with Crippen molar-refractivity contribution in [3.8, 4) is 0 Å². The molecule has 0 radical (unpaired) electrons. The number of fused-ring (bicyclic) bond motifs is 1. The molecule has 0 N–H and O–H groups in total. The first-order valence-corrected chi connectivity index (χ1v) is 7.18. The maximum atomic E-state index is 12.3. The van der Waals surface area contributed by atoms with Crippen molar-refractivity contribution in [2.24, 2.45) is 0 Å². The van der Waals surface area contributed by atoms with Crippen molar-refractivity contribution in [3.63, 3.8) is 0 Å². The average Bonchev–Trinajstić information content (AvgIpc) is 2.67. The van der Waals surface area contributed by atoms with Gasteiger partial charge in [0.25, 0.3) is 0 Å². The lowest BCUT2D eigenvalue weighted by molar-refractivity contribution is 0.595. The van der Waals surface area contributed by atoms with Crippen LogP contribution >= 0.6 is 15.9 Å². The average molecular weight is 308 g/mol. The Labute approximate surface area is 112 Å². The van der Waals surface area contributed by atoms with E-state index >= 15 is 0 Å². The van der Waals surface area contributed by atoms with Gasteiger partial charge in [-0.1, -0.05) is 34.1 Å². The number of hydrogen-bond donors (Lipinski definition) is 0. The van der Waals surface area contributed by atoms with Crippen LogP contribution in [0.25, 0.3) is 0 Å². The normalized spacial score (nSPS) is 18.2. The molecule has 2 nitrogen and oxygen atoms in total. The van der Waals surface area contributed by atoms with E-state index < -0.39 is 11.4 Å². The Morgan fingerprint density at radius 3 is 2.65 bits per heavy atom. The Morgan fingerprint density at radius 2 is 1.88 bits per heavy atom. The third kappa shape index (κ3) is 1.97. The van der Waals surface area contributed by atoms with Crippen LogP contribution in [0.2, 0.25) is 0 Å². The van der Waals surface area contributed by atoms with E-state index in [9.17, 15) is 4.55 Å². The molecule has 0 aromatic heterocycles. The van der Waals surface area contributed by atoms with Crippen molar-refractivity contribution in [3.05, 3.63) is 58.6 Å². The molecule has 3 rings (SSSR count). The molecule has 86 valence electrons. The summed E-state index contributed by atoms with van der Waals surface area (Å²) < 4.78 is 15.3. The first-order chi connectivity index (χ1) is 8.25. The molecule has 2 aromatic rings. The molecule has 17 heavy (non-hydrogen) atoms. The summed E-state index contributed by atoms with van der Waals surface area (Å²) in [6.45, 7) is 0.700. The molecule has 1 atom stereocenters. The molecule has 0 aliphatic carbocycles. The molecule has 0 bridgehead atoms. The van der Waals surface area contributed by atoms with Gasteiger partial charge in [0.15, 0.2) is 4.90 Å². The third-order valence-corrected chi connectivity index (χ3v) is 4.78. The summed E-state index contributed by atoms with van der Waals surface area (Å²) in [5.41, 5.74) is 2.12. The van der Waals surface area contributed by atoms with Crippen molar-refractivity contribution in [2.75, 3.05) is 4.31 Å². The fraction of sp³-hybridized carbons (Fsp3) is 0.0769. The van der Waals surface area contributed by atoms with Gasteiger partial charge in [0.05, 0.1) is 12.2 Å². The zero-order chi connectivity index (χ0) is 11.8. The molecule has 2 aromatic carbocycles. The number of halogens is 1. The predicted molar refractivity (Wildman–Crippen MR) is 73.2 cm³/mol. The quantitative estimate of drug-likeness (QED) is 0.754. The van der Waals surface area contributed by atoms with E-state index in [0.717, 1.165) is 20.6 Å². The minimum atomic E-state index is -1.08. The van der Waals surface area contributed by atoms with E-state index in [1.165, 1.54) is 0 Å². The van der Waals surface area contributed by atoms with Gasteiger partial charge in [0.1, 0.15) is 11.4 Å². The molecule has 1 aliphatic rings. The predicted octanol–water partition coefficient (Wildman–Crippen LogP) is 3.49. The zero-order valence-electron chi connectivity index (χ0n) is 8.97. The zero-order valence-corrected chi connectivity index (χ0v) is 11.4. The highest BCUT2D eigenvalue weighted by atomic mass is 79.9. The van der Waals surface area contributed by atoms with Crippen LogP contribution < -0.4 is 4.31 Å². The lowest BCUT2D eigenvalue weighted by atomic mass is 10.2. The largest absolute Gasteiger partial charge is 0.588 e. The van der Waals surface area contributed by atoms with Crippen LogP contribution in [0.4, 0.5) is 5.69 Å². The summed E-state index contributed by atoms with van der Waals surface area (Å²) in [4.78, 5) is 0.914. The second-order valence-electron chi connectivity index (χ2n) is 3.87. The number of nitrogens with zero attached hydrogens (tertiary/aromatic N) is 1. The first kappa shape index (κ1) is 11.1. The number of anilines is 1. The van der Waals surface area contributed by atoms with Gasteiger partial charge in [-0.2, -0.15) is 4.31 Å². The fourth-order valence-corrected chi connectivity index (χ4v) is 3.70. The molecular weight excluding hydrogens is 298 g/mol. The van der Waals surface area contributed by atoms with Crippen LogP contribution in [0.5, 0.6) is 0 Å². The van der Waals surface area contributed by atoms with Gasteiger partial charge in [-0.25, -0.2) is 0 Å². The van der Waals surface area contributed by atoms with Gasteiger partial charge < -0.3 is 4.55 Å². The first-order valence-electron chi connectivity index (χ1n) is 5.28. The lowest BCUT2D eigenvalue weighted by Crippen LogP contribution is -2.23. The van der Waals surface area contributed by atoms with Gasteiger partial charge >= 0.3 is 0 Å². The highest BCUT2D eigenvalue weighted by molar-refractivity contribution is 9.10. The minimum absolute atomic E-state index is 0.700. The number of rotatable bonds is 1. The van der Waals surface area contributed by atoms with Gasteiger partial charge in [0.2, 0.25) is 0 Å². The molecule has 0 fully saturated rings. The molecule has 1 heterocycles. The SMILES string of the molecule is [O-][S+]1c2ccc(Br)cc2CN1c1ccccc1. The van der Waals surface area contributed by atoms with Crippen molar-refractivity contribution in [1.29, 1.82) is 0 Å². The summed E-state index contributed by atoms with van der Waals surface area (Å²) in [5.74, 6) is 0. The molecule has 0 amide bonds. The molecule has 0 saturated heterocycles. The van der Waals surface area contributed by atoms with Gasteiger partial charge in [-0.3, -0.25) is 0 Å². The molecule has 1 unspecified atom stereocenters. The van der Waals surface area contributed by atoms with E-state index in [1.807, 2.05) is 52.8 Å². The fourth-order valence-electron chi connectivity index (χ4n) is 1.96. The van der Waals surface area contributed by atoms with Gasteiger partial charge in [-0.15, -0.1) is 0 Å². The van der Waals surface area contributed by atoms with Gasteiger partial charge in [-0.05, 0) is 30.3 Å². The Balaban J connectivity index is 1.99. The van der Waals surface area contributed by atoms with Gasteiger partial charge in [0, 0.05) is 10.0 Å². The molecule has 1 aliphatic heterocycles. The van der Waals surface area contributed by atoms with E-state index in [1.54, 1.807) is 0 Å². The van der Waals surface area contributed by atoms with Crippen LogP contribution in [-0.4, -0.2) is 4.55 Å². The van der Waals surface area contributed by atoms with Crippen molar-refractivity contribution < 1.29 is 4.55 Å². The Morgan fingerprint density at radius 1 is 1.12 bits per heavy atom. The Hall–Kier alpha value is -0.970. The molecule has 0 saturated carbocycles. The molecule has 0 spiro atoms. The number of benzene rings is 2. The second kappa shape index (κ2) is 4.37. The summed E-state index contributed by atoms with van der Waals surface area (Å²) >= 11 is 2.36. The maximum absolute atomic E-state index is 12.3. The summed E-state index contributed by atoms with van der Waals surface area (Å²) in [7, 11) is 0. The Bertz CT molecular complexity index is 546. The van der Waals surface area contributed by atoms with Crippen LogP contribution in [0.15, 0.2) is 57.9 Å². The highest BCUT2D eigenvalue weighted by Gasteiger charge is 2.34. The van der Waals surface area contributed by atoms with Crippen molar-refractivity contribution >= 4 is 33.0 Å². The van der Waals surface area contributed by atoms with E-state index in [2.05, 4.69) is 15.9 Å². The summed E-state index contributed by atoms with van der Waals surface area (Å²) in [5, 5.41) is 0. The molecular formula is C13H10BrNOS. The second-order valence-corrected chi connectivity index (χ2v) is 6.17. The smallest absolute Gasteiger partial charge is 0.185 e. The topological polar surface area (TPSA) is 26.3 Å². The minimum Gasteiger partial charge on any atom is -0.588 e. The van der Waals surface area contributed by atoms with E-state index in [-0.39, 0.29) is 0 Å². The standard InChI is InChI=1S/C13H10BrNOS/c14-11-6-7-13-10(8-11)9-15(17(13)16)12-4-2-1-3-5-12/h1-8H,9H2. The Kier molecular flexibility index (Phi) is 2.86. The van der Waals surface area contributed by atoms with E-state index in [4.69, 9.17) is 0 Å². The van der Waals surface area contributed by atoms with Crippen LogP contribution in [0.3, 0.4) is 0 Å². The monoisotopic (exact) mass is 307 g/mol.